The molecule has 2 aliphatic rings. The topological polar surface area (TPSA) is 170 Å². The molecule has 0 aromatic carbocycles. The van der Waals surface area contributed by atoms with Crippen molar-refractivity contribution in [2.24, 2.45) is 0 Å². The van der Waals surface area contributed by atoms with Crippen LogP contribution >= 0.6 is 0 Å². The Hall–Kier alpha value is -4.03. The zero-order valence-corrected chi connectivity index (χ0v) is 14.4. The number of urea groups is 2. The molecule has 28 heavy (non-hydrogen) atoms. The summed E-state index contributed by atoms with van der Waals surface area (Å²) in [4.78, 5) is 75.3. The van der Waals surface area contributed by atoms with Gasteiger partial charge in [0, 0.05) is 0 Å². The van der Waals surface area contributed by atoms with Crippen LogP contribution in [0, 0.1) is 0 Å². The molecule has 3 rings (SSSR count). The second-order valence-corrected chi connectivity index (χ2v) is 5.78. The molecule has 2 fully saturated rings. The average Bonchev–Trinajstić information content (AvgIpc) is 3.12. The lowest BCUT2D eigenvalue weighted by Crippen LogP contribution is -2.38. The van der Waals surface area contributed by atoms with E-state index in [1.54, 1.807) is 0 Å². The Bertz CT molecular complexity index is 786. The zero-order chi connectivity index (χ0) is 20.3. The van der Waals surface area contributed by atoms with Crippen LogP contribution in [0.15, 0.2) is 18.2 Å². The van der Waals surface area contributed by atoms with Gasteiger partial charge in [0.2, 0.25) is 11.8 Å². The fourth-order valence-corrected chi connectivity index (χ4v) is 2.46. The zero-order valence-electron chi connectivity index (χ0n) is 14.4. The summed E-state index contributed by atoms with van der Waals surface area (Å²) in [5, 5.41) is 9.40. The van der Waals surface area contributed by atoms with E-state index < -0.39 is 48.8 Å². The van der Waals surface area contributed by atoms with Crippen LogP contribution in [-0.4, -0.2) is 76.7 Å². The summed E-state index contributed by atoms with van der Waals surface area (Å²) >= 11 is 0. The minimum atomic E-state index is -0.658. The van der Waals surface area contributed by atoms with Gasteiger partial charge in [0.15, 0.2) is 0 Å². The Morgan fingerprint density at radius 2 is 1.29 bits per heavy atom. The molecule has 13 nitrogen and oxygen atoms in total. The Kier molecular flexibility index (Phi) is 5.15. The summed E-state index contributed by atoms with van der Waals surface area (Å²) in [7, 11) is 0. The second kappa shape index (κ2) is 7.69. The molecule has 0 atom stereocenters. The monoisotopic (exact) mass is 389 g/mol. The van der Waals surface area contributed by atoms with Crippen molar-refractivity contribution in [3.63, 3.8) is 0 Å². The summed E-state index contributed by atoms with van der Waals surface area (Å²) in [6.07, 6.45) is 0. The minimum Gasteiger partial charge on any atom is -0.329 e. The van der Waals surface area contributed by atoms with Gasteiger partial charge in [-0.05, 0) is 12.1 Å². The van der Waals surface area contributed by atoms with Crippen LogP contribution < -0.4 is 21.3 Å². The van der Waals surface area contributed by atoms with E-state index in [9.17, 15) is 28.8 Å². The van der Waals surface area contributed by atoms with E-state index >= 15 is 0 Å². The molecule has 8 amide bonds. The van der Waals surface area contributed by atoms with Gasteiger partial charge in [-0.25, -0.2) is 14.6 Å². The number of rotatable bonds is 6. The van der Waals surface area contributed by atoms with E-state index in [-0.39, 0.29) is 24.7 Å². The van der Waals surface area contributed by atoms with E-state index in [1.807, 2.05) is 0 Å². The smallest absolute Gasteiger partial charge is 0.325 e. The third kappa shape index (κ3) is 4.20. The van der Waals surface area contributed by atoms with Gasteiger partial charge in [0.05, 0.1) is 13.1 Å². The van der Waals surface area contributed by atoms with Crippen molar-refractivity contribution in [1.29, 1.82) is 0 Å². The van der Waals surface area contributed by atoms with Crippen LogP contribution in [-0.2, 0) is 19.2 Å². The van der Waals surface area contributed by atoms with E-state index in [0.29, 0.717) is 0 Å². The molecule has 4 N–H and O–H groups in total. The first-order valence-corrected chi connectivity index (χ1v) is 8.06. The van der Waals surface area contributed by atoms with Crippen molar-refractivity contribution in [3.8, 4) is 0 Å². The third-order valence-electron chi connectivity index (χ3n) is 3.76. The van der Waals surface area contributed by atoms with Crippen LogP contribution in [0.5, 0.6) is 0 Å². The maximum Gasteiger partial charge on any atom is 0.325 e. The van der Waals surface area contributed by atoms with Crippen LogP contribution in [0.25, 0.3) is 0 Å². The summed E-state index contributed by atoms with van der Waals surface area (Å²) in [6, 6.07) is 3.07. The number of hydrogen-bond donors (Lipinski definition) is 4. The molecule has 2 saturated heterocycles. The number of imide groups is 2. The van der Waals surface area contributed by atoms with Gasteiger partial charge < -0.3 is 21.3 Å². The highest BCUT2D eigenvalue weighted by atomic mass is 16.2. The number of nitrogens with zero attached hydrogens (tertiary/aromatic N) is 3. The molecule has 13 heteroatoms. The Morgan fingerprint density at radius 3 is 1.64 bits per heavy atom. The summed E-state index contributed by atoms with van der Waals surface area (Å²) < 4.78 is 0. The number of amides is 8. The normalized spacial score (nSPS) is 16.1. The van der Waals surface area contributed by atoms with Crippen LogP contribution in [0.3, 0.4) is 0 Å². The van der Waals surface area contributed by atoms with Crippen LogP contribution in [0.4, 0.5) is 21.2 Å². The lowest BCUT2D eigenvalue weighted by molar-refractivity contribution is -0.128. The van der Waals surface area contributed by atoms with Gasteiger partial charge in [-0.15, -0.1) is 0 Å². The molecular formula is C15H15N7O6. The van der Waals surface area contributed by atoms with Gasteiger partial charge in [-0.1, -0.05) is 6.07 Å². The number of pyridine rings is 1. The van der Waals surface area contributed by atoms with Gasteiger partial charge in [0.1, 0.15) is 24.7 Å². The van der Waals surface area contributed by atoms with Crippen molar-refractivity contribution in [1.82, 2.24) is 25.4 Å². The predicted octanol–water partition coefficient (Wildman–Crippen LogP) is -1.94. The third-order valence-corrected chi connectivity index (χ3v) is 3.76. The maximum absolute atomic E-state index is 12.0. The lowest BCUT2D eigenvalue weighted by Gasteiger charge is -2.13. The fraction of sp³-hybridized carbons (Fsp3) is 0.267. The molecule has 0 saturated carbocycles. The first-order chi connectivity index (χ1) is 13.3. The quantitative estimate of drug-likeness (QED) is 0.410. The highest BCUT2D eigenvalue weighted by Gasteiger charge is 2.31. The van der Waals surface area contributed by atoms with E-state index in [4.69, 9.17) is 0 Å². The van der Waals surface area contributed by atoms with Crippen molar-refractivity contribution in [2.45, 2.75) is 0 Å². The highest BCUT2D eigenvalue weighted by Crippen LogP contribution is 2.10. The number of hydrogen-bond acceptors (Lipinski definition) is 7. The molecule has 0 radical (unpaired) electrons. The number of carbonyl (C=O) groups is 6. The van der Waals surface area contributed by atoms with Crippen LogP contribution in [0.1, 0.15) is 0 Å². The lowest BCUT2D eigenvalue weighted by atomic mass is 10.4. The van der Waals surface area contributed by atoms with E-state index in [2.05, 4.69) is 26.3 Å². The Labute approximate surface area is 157 Å². The minimum absolute atomic E-state index is 0.0739. The first kappa shape index (κ1) is 18.8. The standard InChI is InChI=1S/C15H15N7O6/c23-10(6-21-12(25)4-16-14(21)27)19-8-2-1-3-9(18-8)20-11(24)7-22-13(26)5-17-15(22)28/h1-3H,4-7H2,(H,16,27)(H,17,28)(H2,18,19,20,23,24). The molecule has 0 unspecified atom stereocenters. The molecule has 1 aromatic heterocycles. The Balaban J connectivity index is 1.56. The summed E-state index contributed by atoms with van der Waals surface area (Å²) in [5.74, 6) is -2.19. The predicted molar refractivity (Wildman–Crippen MR) is 91.7 cm³/mol. The molecule has 0 aliphatic carbocycles. The van der Waals surface area contributed by atoms with Crippen LogP contribution in [0.2, 0.25) is 0 Å². The number of carbonyl (C=O) groups excluding carboxylic acids is 6. The van der Waals surface area contributed by atoms with Gasteiger partial charge in [-0.2, -0.15) is 0 Å². The molecule has 3 heterocycles. The van der Waals surface area contributed by atoms with Crippen molar-refractivity contribution in [2.75, 3.05) is 36.8 Å². The molecular weight excluding hydrogens is 374 g/mol. The maximum atomic E-state index is 12.0. The van der Waals surface area contributed by atoms with Gasteiger partial charge in [-0.3, -0.25) is 29.0 Å². The second-order valence-electron chi connectivity index (χ2n) is 5.78. The van der Waals surface area contributed by atoms with Crippen molar-refractivity contribution < 1.29 is 28.8 Å². The van der Waals surface area contributed by atoms with Crippen molar-refractivity contribution >= 4 is 47.3 Å². The average molecular weight is 389 g/mol. The molecule has 146 valence electrons. The fourth-order valence-electron chi connectivity index (χ4n) is 2.46. The van der Waals surface area contributed by atoms with E-state index in [1.165, 1.54) is 18.2 Å². The molecule has 0 bridgehead atoms. The number of nitrogens with one attached hydrogen (secondary N) is 4. The van der Waals surface area contributed by atoms with Gasteiger partial charge in [0.25, 0.3) is 11.8 Å². The molecule has 2 aliphatic heterocycles. The summed E-state index contributed by atoms with van der Waals surface area (Å²) in [5.41, 5.74) is 0. The molecule has 0 spiro atoms. The summed E-state index contributed by atoms with van der Waals surface area (Å²) in [6.45, 7) is -1.28. The first-order valence-electron chi connectivity index (χ1n) is 8.06. The number of aromatic nitrogens is 1. The van der Waals surface area contributed by atoms with Gasteiger partial charge >= 0.3 is 12.1 Å². The molecule has 1 aromatic rings. The number of anilines is 2. The highest BCUT2D eigenvalue weighted by molar-refractivity contribution is 6.07. The van der Waals surface area contributed by atoms with E-state index in [0.717, 1.165) is 9.80 Å². The largest absolute Gasteiger partial charge is 0.329 e. The Morgan fingerprint density at radius 1 is 0.857 bits per heavy atom. The SMILES string of the molecule is O=C(CN1C(=O)CNC1=O)Nc1cccc(NC(=O)CN2C(=O)CNC2=O)n1. The van der Waals surface area contributed by atoms with Crippen molar-refractivity contribution in [3.05, 3.63) is 18.2 Å².